The standard InChI is InChI=1S/C17H20N6O2/c1-12-8-13(2)23(20-12)11-16-10-22(21-19-16)9-14-4-6-15(7-5-14)18-17(24)25-3/h4-8,10H,9,11H2,1-3H3,(H,18,24). The molecule has 25 heavy (non-hydrogen) atoms. The number of carbonyl (C=O) groups excluding carboxylic acids is 1. The summed E-state index contributed by atoms with van der Waals surface area (Å²) in [5.74, 6) is 0. The Balaban J connectivity index is 1.63. The third-order valence-corrected chi connectivity index (χ3v) is 3.73. The van der Waals surface area contributed by atoms with Gasteiger partial charge in [0.05, 0.1) is 32.1 Å². The smallest absolute Gasteiger partial charge is 0.411 e. The van der Waals surface area contributed by atoms with Crippen LogP contribution in [0.1, 0.15) is 22.6 Å². The second kappa shape index (κ2) is 7.16. The molecule has 0 spiro atoms. The molecular weight excluding hydrogens is 320 g/mol. The molecule has 0 radical (unpaired) electrons. The van der Waals surface area contributed by atoms with Gasteiger partial charge in [-0.05, 0) is 37.6 Å². The predicted octanol–water partition coefficient (Wildman–Crippen LogP) is 2.37. The van der Waals surface area contributed by atoms with E-state index in [0.717, 1.165) is 22.6 Å². The number of methoxy groups -OCH3 is 1. The van der Waals surface area contributed by atoms with Crippen LogP contribution in [0, 0.1) is 13.8 Å². The summed E-state index contributed by atoms with van der Waals surface area (Å²) in [5.41, 5.74) is 4.68. The van der Waals surface area contributed by atoms with Crippen molar-refractivity contribution in [2.45, 2.75) is 26.9 Å². The van der Waals surface area contributed by atoms with Crippen molar-refractivity contribution in [1.29, 1.82) is 0 Å². The highest BCUT2D eigenvalue weighted by Gasteiger charge is 2.07. The summed E-state index contributed by atoms with van der Waals surface area (Å²) < 4.78 is 8.26. The summed E-state index contributed by atoms with van der Waals surface area (Å²) in [7, 11) is 1.33. The van der Waals surface area contributed by atoms with Crippen LogP contribution >= 0.6 is 0 Å². The highest BCUT2D eigenvalue weighted by molar-refractivity contribution is 5.84. The monoisotopic (exact) mass is 340 g/mol. The second-order valence-corrected chi connectivity index (χ2v) is 5.81. The Labute approximate surface area is 145 Å². The van der Waals surface area contributed by atoms with E-state index in [2.05, 4.69) is 25.5 Å². The predicted molar refractivity (Wildman–Crippen MR) is 92.4 cm³/mol. The van der Waals surface area contributed by atoms with Crippen LogP contribution < -0.4 is 5.32 Å². The largest absolute Gasteiger partial charge is 0.453 e. The van der Waals surface area contributed by atoms with Gasteiger partial charge in [0.15, 0.2) is 0 Å². The van der Waals surface area contributed by atoms with Gasteiger partial charge >= 0.3 is 6.09 Å². The molecule has 0 fully saturated rings. The number of nitrogens with zero attached hydrogens (tertiary/aromatic N) is 5. The van der Waals surface area contributed by atoms with Gasteiger partial charge in [-0.1, -0.05) is 17.3 Å². The summed E-state index contributed by atoms with van der Waals surface area (Å²) in [6, 6.07) is 9.52. The number of anilines is 1. The number of amides is 1. The summed E-state index contributed by atoms with van der Waals surface area (Å²) in [4.78, 5) is 11.2. The van der Waals surface area contributed by atoms with Crippen molar-refractivity contribution in [3.8, 4) is 0 Å². The van der Waals surface area contributed by atoms with Crippen molar-refractivity contribution in [2.75, 3.05) is 12.4 Å². The molecule has 2 heterocycles. The Morgan fingerprint density at radius 2 is 1.96 bits per heavy atom. The van der Waals surface area contributed by atoms with E-state index >= 15 is 0 Å². The minimum atomic E-state index is -0.488. The number of aryl methyl sites for hydroxylation is 2. The summed E-state index contributed by atoms with van der Waals surface area (Å²) in [6.45, 7) is 5.19. The Morgan fingerprint density at radius 1 is 1.20 bits per heavy atom. The van der Waals surface area contributed by atoms with Crippen molar-refractivity contribution in [3.05, 3.63) is 59.2 Å². The van der Waals surface area contributed by atoms with Gasteiger partial charge in [0.25, 0.3) is 0 Å². The molecule has 2 aromatic heterocycles. The van der Waals surface area contributed by atoms with Crippen molar-refractivity contribution < 1.29 is 9.53 Å². The number of carbonyl (C=O) groups is 1. The number of ether oxygens (including phenoxy) is 1. The zero-order valence-electron chi connectivity index (χ0n) is 14.4. The molecule has 3 aromatic rings. The van der Waals surface area contributed by atoms with E-state index in [1.165, 1.54) is 7.11 Å². The molecule has 0 saturated heterocycles. The lowest BCUT2D eigenvalue weighted by atomic mass is 10.2. The Bertz CT molecular complexity index is 866. The molecule has 0 aliphatic rings. The first-order valence-electron chi connectivity index (χ1n) is 7.87. The fraction of sp³-hybridized carbons (Fsp3) is 0.294. The second-order valence-electron chi connectivity index (χ2n) is 5.81. The fourth-order valence-corrected chi connectivity index (χ4v) is 2.53. The lowest BCUT2D eigenvalue weighted by molar-refractivity contribution is 0.187. The van der Waals surface area contributed by atoms with E-state index in [1.54, 1.807) is 4.68 Å². The van der Waals surface area contributed by atoms with Crippen molar-refractivity contribution in [3.63, 3.8) is 0 Å². The Morgan fingerprint density at radius 3 is 2.60 bits per heavy atom. The number of benzene rings is 1. The molecule has 3 rings (SSSR count). The highest BCUT2D eigenvalue weighted by Crippen LogP contribution is 2.11. The zero-order valence-corrected chi connectivity index (χ0v) is 14.4. The fourth-order valence-electron chi connectivity index (χ4n) is 2.53. The lowest BCUT2D eigenvalue weighted by Gasteiger charge is -2.05. The number of hydrogen-bond acceptors (Lipinski definition) is 5. The molecule has 0 atom stereocenters. The average molecular weight is 340 g/mol. The molecule has 1 aromatic carbocycles. The maximum absolute atomic E-state index is 11.2. The normalized spacial score (nSPS) is 10.7. The molecule has 0 aliphatic carbocycles. The maximum atomic E-state index is 11.2. The Hall–Kier alpha value is -3.16. The first-order valence-corrected chi connectivity index (χ1v) is 7.87. The van der Waals surface area contributed by atoms with Gasteiger partial charge in [0.2, 0.25) is 0 Å². The van der Waals surface area contributed by atoms with Crippen LogP contribution in [0.25, 0.3) is 0 Å². The molecule has 0 bridgehead atoms. The minimum absolute atomic E-state index is 0.488. The maximum Gasteiger partial charge on any atom is 0.411 e. The van der Waals surface area contributed by atoms with E-state index in [-0.39, 0.29) is 0 Å². The van der Waals surface area contributed by atoms with Gasteiger partial charge in [-0.25, -0.2) is 9.48 Å². The van der Waals surface area contributed by atoms with Crippen LogP contribution in [-0.2, 0) is 17.8 Å². The number of rotatable bonds is 5. The Kier molecular flexibility index (Phi) is 4.78. The van der Waals surface area contributed by atoms with Gasteiger partial charge < -0.3 is 4.74 Å². The number of aromatic nitrogens is 5. The summed E-state index contributed by atoms with van der Waals surface area (Å²) in [5, 5.41) is 15.4. The van der Waals surface area contributed by atoms with Crippen LogP contribution in [0.3, 0.4) is 0 Å². The van der Waals surface area contributed by atoms with Gasteiger partial charge in [-0.2, -0.15) is 5.10 Å². The zero-order chi connectivity index (χ0) is 17.8. The van der Waals surface area contributed by atoms with Crippen molar-refractivity contribution in [2.24, 2.45) is 0 Å². The van der Waals surface area contributed by atoms with E-state index in [1.807, 2.05) is 55.1 Å². The molecule has 0 saturated carbocycles. The van der Waals surface area contributed by atoms with Crippen LogP contribution in [0.2, 0.25) is 0 Å². The van der Waals surface area contributed by atoms with Gasteiger partial charge in [-0.3, -0.25) is 10.00 Å². The van der Waals surface area contributed by atoms with E-state index < -0.39 is 6.09 Å². The number of nitrogens with one attached hydrogen (secondary N) is 1. The van der Waals surface area contributed by atoms with Crippen LogP contribution in [0.5, 0.6) is 0 Å². The molecule has 0 aliphatic heterocycles. The SMILES string of the molecule is COC(=O)Nc1ccc(Cn2cc(Cn3nc(C)cc3C)nn2)cc1. The topological polar surface area (TPSA) is 86.9 Å². The van der Waals surface area contributed by atoms with Crippen LogP contribution in [0.4, 0.5) is 10.5 Å². The van der Waals surface area contributed by atoms with Gasteiger partial charge in [0.1, 0.15) is 5.69 Å². The van der Waals surface area contributed by atoms with E-state index in [4.69, 9.17) is 0 Å². The third-order valence-electron chi connectivity index (χ3n) is 3.73. The van der Waals surface area contributed by atoms with E-state index in [0.29, 0.717) is 18.8 Å². The molecule has 1 amide bonds. The quantitative estimate of drug-likeness (QED) is 0.770. The first-order chi connectivity index (χ1) is 12.0. The summed E-state index contributed by atoms with van der Waals surface area (Å²) in [6.07, 6.45) is 1.43. The first kappa shape index (κ1) is 16.7. The molecule has 8 nitrogen and oxygen atoms in total. The molecule has 0 unspecified atom stereocenters. The van der Waals surface area contributed by atoms with E-state index in [9.17, 15) is 4.79 Å². The lowest BCUT2D eigenvalue weighted by Crippen LogP contribution is -2.10. The molecule has 8 heteroatoms. The minimum Gasteiger partial charge on any atom is -0.453 e. The molecule has 1 N–H and O–H groups in total. The number of hydrogen-bond donors (Lipinski definition) is 1. The van der Waals surface area contributed by atoms with Crippen molar-refractivity contribution >= 4 is 11.8 Å². The highest BCUT2D eigenvalue weighted by atomic mass is 16.5. The van der Waals surface area contributed by atoms with Crippen LogP contribution in [-0.4, -0.2) is 38.0 Å². The molecular formula is C17H20N6O2. The summed E-state index contributed by atoms with van der Waals surface area (Å²) >= 11 is 0. The third kappa shape index (κ3) is 4.23. The average Bonchev–Trinajstić information content (AvgIpc) is 3.15. The van der Waals surface area contributed by atoms with Gasteiger partial charge in [-0.15, -0.1) is 5.10 Å². The van der Waals surface area contributed by atoms with Gasteiger partial charge in [0, 0.05) is 11.4 Å². The van der Waals surface area contributed by atoms with Crippen LogP contribution in [0.15, 0.2) is 36.5 Å². The molecule has 130 valence electrons. The van der Waals surface area contributed by atoms with Crippen molar-refractivity contribution in [1.82, 2.24) is 24.8 Å².